The standard InChI is InChI=1S/C5H12N2O2/c1-5(4-6)2-3-7(8)9/h5H,2-4,6H2,1H3. The van der Waals surface area contributed by atoms with Crippen molar-refractivity contribution in [3.05, 3.63) is 10.1 Å². The van der Waals surface area contributed by atoms with Gasteiger partial charge < -0.3 is 5.73 Å². The summed E-state index contributed by atoms with van der Waals surface area (Å²) in [6, 6.07) is 0. The molecule has 2 N–H and O–H groups in total. The third kappa shape index (κ3) is 5.23. The molecule has 0 aliphatic carbocycles. The summed E-state index contributed by atoms with van der Waals surface area (Å²) in [5, 5.41) is 9.78. The molecule has 1 atom stereocenters. The minimum absolute atomic E-state index is 0.0400. The van der Waals surface area contributed by atoms with Crippen LogP contribution in [0.3, 0.4) is 0 Å². The van der Waals surface area contributed by atoms with Crippen LogP contribution >= 0.6 is 0 Å². The van der Waals surface area contributed by atoms with Gasteiger partial charge in [0.2, 0.25) is 6.54 Å². The van der Waals surface area contributed by atoms with Gasteiger partial charge in [0.25, 0.3) is 0 Å². The summed E-state index contributed by atoms with van der Waals surface area (Å²) >= 11 is 0. The Morgan fingerprint density at radius 3 is 2.67 bits per heavy atom. The minimum atomic E-state index is -0.313. The molecular weight excluding hydrogens is 120 g/mol. The quantitative estimate of drug-likeness (QED) is 0.440. The van der Waals surface area contributed by atoms with Gasteiger partial charge in [-0.05, 0) is 12.5 Å². The Balaban J connectivity index is 3.16. The number of nitrogens with zero attached hydrogens (tertiary/aromatic N) is 1. The van der Waals surface area contributed by atoms with Crippen molar-refractivity contribution in [2.75, 3.05) is 13.1 Å². The summed E-state index contributed by atoms with van der Waals surface area (Å²) in [6.07, 6.45) is 0.587. The van der Waals surface area contributed by atoms with Crippen LogP contribution in [0.1, 0.15) is 13.3 Å². The Kier molecular flexibility index (Phi) is 3.96. The molecule has 0 saturated carbocycles. The average Bonchev–Trinajstić information content (AvgIpc) is 1.83. The molecule has 9 heavy (non-hydrogen) atoms. The zero-order valence-corrected chi connectivity index (χ0v) is 5.54. The van der Waals surface area contributed by atoms with E-state index in [0.29, 0.717) is 13.0 Å². The molecule has 0 aromatic heterocycles. The second-order valence-electron chi connectivity index (χ2n) is 2.19. The maximum atomic E-state index is 9.78. The highest BCUT2D eigenvalue weighted by atomic mass is 16.6. The molecule has 0 bridgehead atoms. The zero-order chi connectivity index (χ0) is 7.28. The van der Waals surface area contributed by atoms with Crippen LogP contribution in [-0.2, 0) is 0 Å². The van der Waals surface area contributed by atoms with Gasteiger partial charge in [-0.3, -0.25) is 10.1 Å². The summed E-state index contributed by atoms with van der Waals surface area (Å²) in [6.45, 7) is 2.48. The summed E-state index contributed by atoms with van der Waals surface area (Å²) in [4.78, 5) is 9.47. The number of nitrogens with two attached hydrogens (primary N) is 1. The summed E-state index contributed by atoms with van der Waals surface area (Å²) in [7, 11) is 0. The van der Waals surface area contributed by atoms with Gasteiger partial charge in [0.05, 0.1) is 0 Å². The fourth-order valence-electron chi connectivity index (χ4n) is 0.444. The van der Waals surface area contributed by atoms with E-state index in [2.05, 4.69) is 0 Å². The van der Waals surface area contributed by atoms with Gasteiger partial charge in [-0.1, -0.05) is 6.92 Å². The van der Waals surface area contributed by atoms with Crippen molar-refractivity contribution < 1.29 is 4.92 Å². The van der Waals surface area contributed by atoms with Crippen LogP contribution < -0.4 is 5.73 Å². The van der Waals surface area contributed by atoms with E-state index in [1.165, 1.54) is 0 Å². The number of nitro groups is 1. The highest BCUT2D eigenvalue weighted by Gasteiger charge is 2.02. The van der Waals surface area contributed by atoms with Crippen LogP contribution in [0, 0.1) is 16.0 Å². The van der Waals surface area contributed by atoms with Gasteiger partial charge in [-0.2, -0.15) is 0 Å². The lowest BCUT2D eigenvalue weighted by Gasteiger charge is -2.01. The Morgan fingerprint density at radius 1 is 1.78 bits per heavy atom. The summed E-state index contributed by atoms with van der Waals surface area (Å²) in [5.74, 6) is 0.274. The van der Waals surface area contributed by atoms with Gasteiger partial charge in [0, 0.05) is 11.3 Å². The van der Waals surface area contributed by atoms with Crippen LogP contribution in [0.4, 0.5) is 0 Å². The van der Waals surface area contributed by atoms with E-state index in [-0.39, 0.29) is 17.4 Å². The molecule has 54 valence electrons. The monoisotopic (exact) mass is 132 g/mol. The third-order valence-corrected chi connectivity index (χ3v) is 1.21. The van der Waals surface area contributed by atoms with Crippen molar-refractivity contribution in [1.82, 2.24) is 0 Å². The number of hydrogen-bond donors (Lipinski definition) is 1. The lowest BCUT2D eigenvalue weighted by Crippen LogP contribution is -2.14. The van der Waals surface area contributed by atoms with E-state index >= 15 is 0 Å². The van der Waals surface area contributed by atoms with E-state index in [9.17, 15) is 10.1 Å². The normalized spacial score (nSPS) is 13.1. The zero-order valence-electron chi connectivity index (χ0n) is 5.54. The van der Waals surface area contributed by atoms with E-state index in [4.69, 9.17) is 5.73 Å². The van der Waals surface area contributed by atoms with E-state index in [1.54, 1.807) is 0 Å². The van der Waals surface area contributed by atoms with Gasteiger partial charge >= 0.3 is 0 Å². The first-order valence-corrected chi connectivity index (χ1v) is 2.98. The van der Waals surface area contributed by atoms with E-state index in [1.807, 2.05) is 6.92 Å². The second-order valence-corrected chi connectivity index (χ2v) is 2.19. The molecule has 0 saturated heterocycles. The molecule has 0 heterocycles. The molecule has 1 unspecified atom stereocenters. The molecule has 4 heteroatoms. The van der Waals surface area contributed by atoms with Crippen LogP contribution in [-0.4, -0.2) is 18.0 Å². The molecule has 0 rings (SSSR count). The van der Waals surface area contributed by atoms with E-state index in [0.717, 1.165) is 0 Å². The summed E-state index contributed by atoms with van der Waals surface area (Å²) in [5.41, 5.74) is 5.24. The molecule has 0 aliphatic rings. The first-order valence-electron chi connectivity index (χ1n) is 2.98. The first kappa shape index (κ1) is 8.36. The lowest BCUT2D eigenvalue weighted by atomic mass is 10.1. The molecule has 0 aliphatic heterocycles. The molecular formula is C5H12N2O2. The van der Waals surface area contributed by atoms with Gasteiger partial charge in [-0.25, -0.2) is 0 Å². The van der Waals surface area contributed by atoms with Gasteiger partial charge in [0.15, 0.2) is 0 Å². The summed E-state index contributed by atoms with van der Waals surface area (Å²) < 4.78 is 0. The third-order valence-electron chi connectivity index (χ3n) is 1.21. The Bertz CT molecular complexity index is 95.0. The van der Waals surface area contributed by atoms with Crippen molar-refractivity contribution in [2.24, 2.45) is 11.7 Å². The Hall–Kier alpha value is -0.640. The van der Waals surface area contributed by atoms with Crippen LogP contribution in [0.5, 0.6) is 0 Å². The highest BCUT2D eigenvalue weighted by Crippen LogP contribution is 1.97. The fraction of sp³-hybridized carbons (Fsp3) is 1.00. The Labute approximate surface area is 54.2 Å². The predicted octanol–water partition coefficient (Wildman–Crippen LogP) is 0.248. The fourth-order valence-corrected chi connectivity index (χ4v) is 0.444. The van der Waals surface area contributed by atoms with Crippen molar-refractivity contribution in [3.8, 4) is 0 Å². The Morgan fingerprint density at radius 2 is 2.33 bits per heavy atom. The van der Waals surface area contributed by atoms with Crippen LogP contribution in [0.15, 0.2) is 0 Å². The minimum Gasteiger partial charge on any atom is -0.330 e. The van der Waals surface area contributed by atoms with Crippen LogP contribution in [0.25, 0.3) is 0 Å². The topological polar surface area (TPSA) is 69.2 Å². The van der Waals surface area contributed by atoms with Crippen molar-refractivity contribution >= 4 is 0 Å². The molecule has 0 spiro atoms. The SMILES string of the molecule is CC(CN)CC[N+](=O)[O-]. The van der Waals surface area contributed by atoms with Crippen molar-refractivity contribution in [2.45, 2.75) is 13.3 Å². The van der Waals surface area contributed by atoms with Gasteiger partial charge in [-0.15, -0.1) is 0 Å². The van der Waals surface area contributed by atoms with E-state index < -0.39 is 0 Å². The average molecular weight is 132 g/mol. The molecule has 0 fully saturated rings. The predicted molar refractivity (Wildman–Crippen MR) is 34.7 cm³/mol. The lowest BCUT2D eigenvalue weighted by molar-refractivity contribution is -0.481. The molecule has 4 nitrogen and oxygen atoms in total. The molecule has 0 amide bonds. The number of hydrogen-bond acceptors (Lipinski definition) is 3. The first-order chi connectivity index (χ1) is 4.16. The van der Waals surface area contributed by atoms with Crippen molar-refractivity contribution in [1.29, 1.82) is 0 Å². The highest BCUT2D eigenvalue weighted by molar-refractivity contribution is 4.50. The van der Waals surface area contributed by atoms with Crippen LogP contribution in [0.2, 0.25) is 0 Å². The molecule has 0 radical (unpaired) electrons. The maximum Gasteiger partial charge on any atom is 0.204 e. The molecule has 0 aromatic rings. The smallest absolute Gasteiger partial charge is 0.204 e. The maximum absolute atomic E-state index is 9.78. The second kappa shape index (κ2) is 4.26. The van der Waals surface area contributed by atoms with Gasteiger partial charge in [0.1, 0.15) is 0 Å². The van der Waals surface area contributed by atoms with Crippen molar-refractivity contribution in [3.63, 3.8) is 0 Å². The number of rotatable bonds is 4. The molecule has 0 aromatic carbocycles. The largest absolute Gasteiger partial charge is 0.330 e.